The maximum atomic E-state index is 13.8. The fraction of sp³-hybridized carbons (Fsp3) is 0.208. The molecule has 0 aliphatic heterocycles. The maximum absolute atomic E-state index is 13.8. The van der Waals surface area contributed by atoms with Crippen molar-refractivity contribution in [2.75, 3.05) is 6.61 Å². The number of hydrogen-bond acceptors (Lipinski definition) is 7. The first-order chi connectivity index (χ1) is 16.9. The minimum Gasteiger partial charge on any atom is -0.470 e. The quantitative estimate of drug-likeness (QED) is 0.356. The van der Waals surface area contributed by atoms with Gasteiger partial charge >= 0.3 is 6.61 Å². The lowest BCUT2D eigenvalue weighted by atomic mass is 10.1. The Morgan fingerprint density at radius 1 is 1.11 bits per heavy atom. The molecule has 3 aromatic heterocycles. The van der Waals surface area contributed by atoms with Crippen LogP contribution in [0.15, 0.2) is 53.3 Å². The Morgan fingerprint density at radius 2 is 1.89 bits per heavy atom. The summed E-state index contributed by atoms with van der Waals surface area (Å²) in [7, 11) is 1.80. The number of imidazole rings is 1. The molecule has 0 aliphatic rings. The van der Waals surface area contributed by atoms with E-state index < -0.39 is 6.61 Å². The number of halogens is 2. The largest absolute Gasteiger partial charge is 0.470 e. The third-order valence-corrected chi connectivity index (χ3v) is 6.45. The molecule has 11 heteroatoms. The predicted octanol–water partition coefficient (Wildman–Crippen LogP) is 4.49. The average Bonchev–Trinajstić information content (AvgIpc) is 3.39. The Morgan fingerprint density at radius 3 is 2.57 bits per heavy atom. The number of aliphatic hydroxyl groups is 1. The normalized spacial score (nSPS) is 11.6. The number of hydrogen-bond donors (Lipinski definition) is 1. The van der Waals surface area contributed by atoms with Gasteiger partial charge in [0.2, 0.25) is 0 Å². The first-order valence-corrected chi connectivity index (χ1v) is 11.5. The predicted molar refractivity (Wildman–Crippen MR) is 129 cm³/mol. The number of aliphatic hydroxyl groups excluding tert-OH is 1. The van der Waals surface area contributed by atoms with Crippen molar-refractivity contribution in [2.24, 2.45) is 7.05 Å². The van der Waals surface area contributed by atoms with E-state index in [4.69, 9.17) is 4.74 Å². The van der Waals surface area contributed by atoms with Crippen molar-refractivity contribution in [3.63, 3.8) is 0 Å². The summed E-state index contributed by atoms with van der Waals surface area (Å²) in [6.45, 7) is -0.887. The van der Waals surface area contributed by atoms with E-state index in [0.29, 0.717) is 45.6 Å². The second kappa shape index (κ2) is 9.08. The molecule has 0 saturated heterocycles. The minimum atomic E-state index is -2.95. The number of aromatic nitrogens is 4. The van der Waals surface area contributed by atoms with Gasteiger partial charge in [0.15, 0.2) is 5.65 Å². The van der Waals surface area contributed by atoms with E-state index in [-0.39, 0.29) is 17.9 Å². The van der Waals surface area contributed by atoms with Crippen LogP contribution in [0.4, 0.5) is 8.78 Å². The molecule has 5 rings (SSSR count). The highest BCUT2D eigenvalue weighted by Crippen LogP contribution is 2.32. The SMILES string of the molecule is CCOc1nc2c(cc(-c3ccc4nc(CO)n(C)c4c3)c(=O)n2-c2ccc(OC(F)F)cc2)s1. The van der Waals surface area contributed by atoms with Gasteiger partial charge in [-0.1, -0.05) is 17.4 Å². The fourth-order valence-electron chi connectivity index (χ4n) is 3.92. The van der Waals surface area contributed by atoms with Crippen LogP contribution in [0.1, 0.15) is 12.7 Å². The summed E-state index contributed by atoms with van der Waals surface area (Å²) in [5.74, 6) is 0.499. The van der Waals surface area contributed by atoms with Crippen molar-refractivity contribution < 1.29 is 23.4 Å². The lowest BCUT2D eigenvalue weighted by molar-refractivity contribution is -0.0498. The summed E-state index contributed by atoms with van der Waals surface area (Å²) < 4.78 is 39.1. The van der Waals surface area contributed by atoms with Crippen molar-refractivity contribution in [1.29, 1.82) is 0 Å². The van der Waals surface area contributed by atoms with E-state index in [1.165, 1.54) is 40.2 Å². The molecule has 5 aromatic rings. The maximum Gasteiger partial charge on any atom is 0.387 e. The number of aryl methyl sites for hydroxylation is 1. The van der Waals surface area contributed by atoms with Gasteiger partial charge in [-0.25, -0.2) is 4.98 Å². The highest BCUT2D eigenvalue weighted by Gasteiger charge is 2.18. The molecule has 0 aliphatic carbocycles. The first kappa shape index (κ1) is 22.9. The van der Waals surface area contributed by atoms with Crippen LogP contribution in [0.25, 0.3) is 38.2 Å². The van der Waals surface area contributed by atoms with Gasteiger partial charge in [-0.3, -0.25) is 9.36 Å². The molecule has 0 fully saturated rings. The van der Waals surface area contributed by atoms with Gasteiger partial charge < -0.3 is 19.1 Å². The Hall–Kier alpha value is -3.83. The number of nitrogens with zero attached hydrogens (tertiary/aromatic N) is 4. The summed E-state index contributed by atoms with van der Waals surface area (Å²) in [5.41, 5.74) is 3.07. The number of fused-ring (bicyclic) bond motifs is 2. The van der Waals surface area contributed by atoms with E-state index >= 15 is 0 Å². The van der Waals surface area contributed by atoms with E-state index in [1.807, 2.05) is 13.0 Å². The Balaban J connectivity index is 1.72. The first-order valence-electron chi connectivity index (χ1n) is 10.7. The average molecular weight is 499 g/mol. The molecule has 0 bridgehead atoms. The Kier molecular flexibility index (Phi) is 5.95. The zero-order chi connectivity index (χ0) is 24.7. The molecule has 0 saturated carbocycles. The number of benzene rings is 2. The van der Waals surface area contributed by atoms with Crippen LogP contribution in [-0.4, -0.2) is 37.4 Å². The molecule has 0 radical (unpaired) electrons. The molecule has 0 spiro atoms. The molecule has 180 valence electrons. The molecule has 35 heavy (non-hydrogen) atoms. The van der Waals surface area contributed by atoms with E-state index in [9.17, 15) is 18.7 Å². The molecular weight excluding hydrogens is 478 g/mol. The molecule has 8 nitrogen and oxygen atoms in total. The van der Waals surface area contributed by atoms with Gasteiger partial charge in [-0.2, -0.15) is 13.8 Å². The van der Waals surface area contributed by atoms with Gasteiger partial charge in [-0.05, 0) is 55.0 Å². The van der Waals surface area contributed by atoms with Crippen molar-refractivity contribution in [1.82, 2.24) is 19.1 Å². The van der Waals surface area contributed by atoms with Gasteiger partial charge in [0.1, 0.15) is 18.2 Å². The lowest BCUT2D eigenvalue weighted by Gasteiger charge is -2.11. The zero-order valence-electron chi connectivity index (χ0n) is 18.7. The topological polar surface area (TPSA) is 91.4 Å². The third-order valence-electron chi connectivity index (χ3n) is 5.55. The summed E-state index contributed by atoms with van der Waals surface area (Å²) >= 11 is 1.31. The summed E-state index contributed by atoms with van der Waals surface area (Å²) in [5, 5.41) is 9.96. The molecular formula is C24H20F2N4O4S. The van der Waals surface area contributed by atoms with Crippen molar-refractivity contribution in [3.8, 4) is 27.8 Å². The molecule has 1 N–H and O–H groups in total. The summed E-state index contributed by atoms with van der Waals surface area (Å²) in [6, 6.07) is 13.0. The smallest absolute Gasteiger partial charge is 0.387 e. The van der Waals surface area contributed by atoms with E-state index in [0.717, 1.165) is 10.2 Å². The van der Waals surface area contributed by atoms with E-state index in [1.54, 1.807) is 29.8 Å². The monoisotopic (exact) mass is 498 g/mol. The van der Waals surface area contributed by atoms with Crippen LogP contribution >= 0.6 is 11.3 Å². The van der Waals surface area contributed by atoms with Gasteiger partial charge in [0, 0.05) is 12.6 Å². The van der Waals surface area contributed by atoms with Crippen LogP contribution in [0.3, 0.4) is 0 Å². The minimum absolute atomic E-state index is 0.0150. The lowest BCUT2D eigenvalue weighted by Crippen LogP contribution is -2.20. The van der Waals surface area contributed by atoms with Crippen LogP contribution < -0.4 is 15.0 Å². The summed E-state index contributed by atoms with van der Waals surface area (Å²) in [6.07, 6.45) is 0. The number of rotatable bonds is 7. The standard InChI is InChI=1S/C24H20F2N4O4S/c1-3-33-24-28-21-19(35-24)11-16(13-4-9-17-18(10-13)29(2)20(12-31)27-17)22(32)30(21)14-5-7-15(8-6-14)34-23(25)26/h4-11,23,31H,3,12H2,1-2H3. The third kappa shape index (κ3) is 4.13. The second-order valence-corrected chi connectivity index (χ2v) is 8.61. The number of ether oxygens (including phenoxy) is 2. The van der Waals surface area contributed by atoms with Crippen molar-refractivity contribution >= 4 is 32.7 Å². The van der Waals surface area contributed by atoms with Crippen LogP contribution in [0.2, 0.25) is 0 Å². The molecule has 0 atom stereocenters. The molecule has 0 amide bonds. The van der Waals surface area contributed by atoms with Gasteiger partial charge in [0.25, 0.3) is 10.8 Å². The Labute approximate surface area is 201 Å². The molecule has 0 unspecified atom stereocenters. The highest BCUT2D eigenvalue weighted by molar-refractivity contribution is 7.20. The second-order valence-electron chi connectivity index (χ2n) is 7.62. The number of thiazole rings is 1. The number of alkyl halides is 2. The number of pyridine rings is 1. The van der Waals surface area contributed by atoms with Gasteiger partial charge in [0.05, 0.1) is 28.0 Å². The zero-order valence-corrected chi connectivity index (χ0v) is 19.6. The Bertz CT molecular complexity index is 1590. The fourth-order valence-corrected chi connectivity index (χ4v) is 4.83. The highest BCUT2D eigenvalue weighted by atomic mass is 32.1. The van der Waals surface area contributed by atoms with Gasteiger partial charge in [-0.15, -0.1) is 0 Å². The van der Waals surface area contributed by atoms with Crippen molar-refractivity contribution in [3.05, 3.63) is 64.7 Å². The summed E-state index contributed by atoms with van der Waals surface area (Å²) in [4.78, 5) is 22.7. The van der Waals surface area contributed by atoms with Crippen LogP contribution in [-0.2, 0) is 13.7 Å². The van der Waals surface area contributed by atoms with Crippen LogP contribution in [0, 0.1) is 0 Å². The van der Waals surface area contributed by atoms with E-state index in [2.05, 4.69) is 14.7 Å². The van der Waals surface area contributed by atoms with Crippen molar-refractivity contribution in [2.45, 2.75) is 20.1 Å². The molecule has 2 aromatic carbocycles. The van der Waals surface area contributed by atoms with Crippen LogP contribution in [0.5, 0.6) is 10.9 Å². The molecule has 3 heterocycles.